The van der Waals surface area contributed by atoms with Crippen LogP contribution in [0.3, 0.4) is 0 Å². The highest BCUT2D eigenvalue weighted by molar-refractivity contribution is 7.14. The number of aromatic carboxylic acids is 1. The van der Waals surface area contributed by atoms with E-state index in [1.807, 2.05) is 74.5 Å². The van der Waals surface area contributed by atoms with Crippen LogP contribution in [0.5, 0.6) is 0 Å². The van der Waals surface area contributed by atoms with Crippen molar-refractivity contribution in [2.75, 3.05) is 89.5 Å². The number of hydrogen-bond acceptors (Lipinski definition) is 13. The van der Waals surface area contributed by atoms with E-state index in [-0.39, 0.29) is 30.2 Å². The highest BCUT2D eigenvalue weighted by Gasteiger charge is 2.21. The highest BCUT2D eigenvalue weighted by Crippen LogP contribution is 2.27. The Morgan fingerprint density at radius 2 is 1.08 bits per heavy atom. The van der Waals surface area contributed by atoms with Crippen LogP contribution in [0.1, 0.15) is 75.1 Å². The Hall–Kier alpha value is -5.52. The van der Waals surface area contributed by atoms with Crippen molar-refractivity contribution in [3.8, 4) is 0 Å². The number of piperazine rings is 2. The number of benzene rings is 4. The average molecular weight is 919 g/mol. The smallest absolute Gasteiger partial charge is 0.365 e. The van der Waals surface area contributed by atoms with E-state index in [0.717, 1.165) is 97.5 Å². The molecule has 1 amide bonds. The van der Waals surface area contributed by atoms with E-state index < -0.39 is 12.0 Å². The number of carbonyl (C=O) groups excluding carboxylic acids is 1. The van der Waals surface area contributed by atoms with Gasteiger partial charge in [0.1, 0.15) is 0 Å². The van der Waals surface area contributed by atoms with Crippen molar-refractivity contribution in [1.29, 1.82) is 0 Å². The number of aliphatic hydroxyl groups excluding tert-OH is 2. The highest BCUT2D eigenvalue weighted by atomic mass is 32.1. The summed E-state index contributed by atoms with van der Waals surface area (Å²) in [6.45, 7) is 12.2. The van der Waals surface area contributed by atoms with Gasteiger partial charge in [-0.15, -0.1) is 22.7 Å². The molecule has 6 N–H and O–H groups in total. The van der Waals surface area contributed by atoms with Crippen molar-refractivity contribution >= 4 is 45.9 Å². The van der Waals surface area contributed by atoms with Crippen molar-refractivity contribution in [3.05, 3.63) is 163 Å². The summed E-state index contributed by atoms with van der Waals surface area (Å²) in [4.78, 5) is 44.1. The number of nitrogens with one attached hydrogen (secondary N) is 1. The van der Waals surface area contributed by atoms with Gasteiger partial charge in [0, 0.05) is 86.3 Å². The molecule has 2 fully saturated rings. The summed E-state index contributed by atoms with van der Waals surface area (Å²) >= 11 is 2.70. The molecule has 2 aromatic heterocycles. The Labute approximate surface area is 390 Å². The van der Waals surface area contributed by atoms with Gasteiger partial charge in [-0.25, -0.2) is 14.8 Å². The molecule has 0 saturated carbocycles. The van der Waals surface area contributed by atoms with Crippen LogP contribution < -0.4 is 20.9 Å². The van der Waals surface area contributed by atoms with Gasteiger partial charge < -0.3 is 46.0 Å². The summed E-state index contributed by atoms with van der Waals surface area (Å²) < 4.78 is 0. The van der Waals surface area contributed by atoms with E-state index >= 15 is 0 Å². The summed E-state index contributed by atoms with van der Waals surface area (Å²) in [5.74, 6) is -1.20. The number of likely N-dealkylation sites (N-methyl/N-ethyl adjacent to an activating group) is 2. The van der Waals surface area contributed by atoms with Crippen molar-refractivity contribution < 1.29 is 24.9 Å². The number of thiazole rings is 2. The number of aromatic nitrogens is 2. The molecule has 2 unspecified atom stereocenters. The molecule has 2 saturated heterocycles. The second-order valence-electron chi connectivity index (χ2n) is 16.5. The fraction of sp³-hybridized carbons (Fsp3) is 0.360. The van der Waals surface area contributed by atoms with E-state index in [2.05, 4.69) is 97.5 Å². The number of hydrogen-bond donors (Lipinski definition) is 5. The number of aryl methyl sites for hydroxylation is 2. The van der Waals surface area contributed by atoms with Crippen LogP contribution in [0.2, 0.25) is 0 Å². The largest absolute Gasteiger partial charge is 0.476 e. The maximum atomic E-state index is 12.8. The minimum absolute atomic E-state index is 0.00398. The molecule has 0 bridgehead atoms. The quantitative estimate of drug-likeness (QED) is 0.0862. The Morgan fingerprint density at radius 3 is 1.51 bits per heavy atom. The Kier molecular flexibility index (Phi) is 18.2. The van der Waals surface area contributed by atoms with Crippen LogP contribution in [-0.2, 0) is 12.8 Å². The molecule has 2 aliphatic rings. The number of carboxylic acids is 1. The van der Waals surface area contributed by atoms with Crippen molar-refractivity contribution in [2.45, 2.75) is 38.8 Å². The first-order valence-electron chi connectivity index (χ1n) is 22.0. The topological polar surface area (TPSA) is 172 Å². The minimum Gasteiger partial charge on any atom is -0.476 e. The third-order valence-corrected chi connectivity index (χ3v) is 13.9. The van der Waals surface area contributed by atoms with Crippen LogP contribution in [-0.4, -0.2) is 127 Å². The summed E-state index contributed by atoms with van der Waals surface area (Å²) in [5.41, 5.74) is 14.0. The van der Waals surface area contributed by atoms with Gasteiger partial charge in [0.2, 0.25) is 5.01 Å². The SMILES string of the molecule is Cc1nc(C(=O)NC(CO)c2ccccc2)sc1Cc1cccc(N2CCN(C)CC2)c1.Cc1nc(C(=O)O)sc1Cc1cccc(N2CCN(C)CC2)c1.NC(CO)c1ccccc1. The zero-order valence-electron chi connectivity index (χ0n) is 37.8. The van der Waals surface area contributed by atoms with Gasteiger partial charge in [0.05, 0.1) is 36.7 Å². The molecule has 6 aromatic rings. The molecule has 2 aliphatic heterocycles. The number of aliphatic hydroxyl groups is 2. The Bertz CT molecular complexity index is 2410. The Morgan fingerprint density at radius 1 is 0.631 bits per heavy atom. The maximum absolute atomic E-state index is 12.8. The summed E-state index contributed by atoms with van der Waals surface area (Å²) in [6.07, 6.45) is 1.48. The van der Waals surface area contributed by atoms with Crippen LogP contribution in [0.15, 0.2) is 109 Å². The average Bonchev–Trinajstić information content (AvgIpc) is 3.90. The van der Waals surface area contributed by atoms with E-state index in [9.17, 15) is 14.7 Å². The lowest BCUT2D eigenvalue weighted by Crippen LogP contribution is -2.44. The van der Waals surface area contributed by atoms with Gasteiger partial charge in [-0.1, -0.05) is 84.9 Å². The molecular weight excluding hydrogens is 857 g/mol. The molecule has 8 rings (SSSR count). The fourth-order valence-electron chi connectivity index (χ4n) is 7.54. The van der Waals surface area contributed by atoms with Crippen molar-refractivity contribution in [2.24, 2.45) is 5.73 Å². The van der Waals surface area contributed by atoms with E-state index in [1.54, 1.807) is 0 Å². The first-order valence-corrected chi connectivity index (χ1v) is 23.6. The number of anilines is 2. The van der Waals surface area contributed by atoms with Gasteiger partial charge in [-0.2, -0.15) is 0 Å². The first-order chi connectivity index (χ1) is 31.4. The lowest BCUT2D eigenvalue weighted by atomic mass is 10.1. The van der Waals surface area contributed by atoms with Crippen molar-refractivity contribution in [3.63, 3.8) is 0 Å². The van der Waals surface area contributed by atoms with E-state index in [4.69, 9.17) is 15.9 Å². The van der Waals surface area contributed by atoms with Crippen molar-refractivity contribution in [1.82, 2.24) is 25.1 Å². The summed E-state index contributed by atoms with van der Waals surface area (Å²) in [5, 5.41) is 31.0. The number of carbonyl (C=O) groups is 2. The minimum atomic E-state index is -0.949. The standard InChI is InChI=1S/C25H30N4O2S.C17H21N3O2S.C8H11NO/c1-18-23(16-19-7-6-10-21(15-19)29-13-11-28(2)12-14-29)32-25(26-18)24(31)27-22(17-30)20-8-4-3-5-9-20;1-12-15(23-16(18-12)17(21)22)11-13-4-3-5-14(10-13)20-8-6-19(2)7-9-20;9-8(6-10)7-4-2-1-3-5-7/h3-10,15,22,30H,11-14,16-17H2,1-2H3,(H,27,31);3-5,10H,6-9,11H2,1-2H3,(H,21,22);1-5,8,10H,6,9H2. The molecule has 2 atom stereocenters. The number of nitrogens with zero attached hydrogens (tertiary/aromatic N) is 6. The third-order valence-electron chi connectivity index (χ3n) is 11.6. The lowest BCUT2D eigenvalue weighted by Gasteiger charge is -2.34. The Balaban J connectivity index is 0.000000184. The molecule has 4 aromatic carbocycles. The van der Waals surface area contributed by atoms with Gasteiger partial charge in [-0.05, 0) is 74.5 Å². The summed E-state index contributed by atoms with van der Waals surface area (Å²) in [6, 6.07) is 35.6. The van der Waals surface area contributed by atoms with E-state index in [1.165, 1.54) is 45.2 Å². The van der Waals surface area contributed by atoms with Crippen LogP contribution >= 0.6 is 22.7 Å². The number of nitrogens with two attached hydrogens (primary N) is 1. The van der Waals surface area contributed by atoms with E-state index in [0.29, 0.717) is 5.01 Å². The van der Waals surface area contributed by atoms with Gasteiger partial charge >= 0.3 is 5.97 Å². The molecule has 13 nitrogen and oxygen atoms in total. The number of rotatable bonds is 13. The molecule has 65 heavy (non-hydrogen) atoms. The first kappa shape index (κ1) is 48.9. The van der Waals surface area contributed by atoms with Crippen LogP contribution in [0.25, 0.3) is 0 Å². The normalized spacial score (nSPS) is 15.2. The third kappa shape index (κ3) is 14.2. The summed E-state index contributed by atoms with van der Waals surface area (Å²) in [7, 11) is 4.32. The molecule has 15 heteroatoms. The second kappa shape index (κ2) is 24.1. The zero-order chi connectivity index (χ0) is 46.3. The predicted octanol–water partition coefficient (Wildman–Crippen LogP) is 6.43. The van der Waals surface area contributed by atoms with Crippen LogP contribution in [0.4, 0.5) is 11.4 Å². The predicted molar refractivity (Wildman–Crippen MR) is 263 cm³/mol. The van der Waals surface area contributed by atoms with Gasteiger partial charge in [0.25, 0.3) is 5.91 Å². The zero-order valence-corrected chi connectivity index (χ0v) is 39.4. The number of carboxylic acid groups (broad SMARTS) is 1. The van der Waals surface area contributed by atoms with Gasteiger partial charge in [-0.3, -0.25) is 4.79 Å². The van der Waals surface area contributed by atoms with Gasteiger partial charge in [0.15, 0.2) is 5.01 Å². The molecular formula is C50H62N8O5S2. The maximum Gasteiger partial charge on any atom is 0.365 e. The molecule has 0 spiro atoms. The monoisotopic (exact) mass is 918 g/mol. The molecule has 4 heterocycles. The molecule has 0 radical (unpaired) electrons. The second-order valence-corrected chi connectivity index (χ2v) is 18.6. The van der Waals surface area contributed by atoms with Crippen LogP contribution in [0, 0.1) is 13.8 Å². The fourth-order valence-corrected chi connectivity index (χ4v) is 9.48. The molecule has 344 valence electrons. The molecule has 0 aliphatic carbocycles. The number of amides is 1. The lowest BCUT2D eigenvalue weighted by molar-refractivity contribution is 0.0696.